The first-order chi connectivity index (χ1) is 16.8. The van der Waals surface area contributed by atoms with Crippen molar-refractivity contribution in [1.29, 1.82) is 0 Å². The molecule has 0 heterocycles. The van der Waals surface area contributed by atoms with E-state index >= 15 is 0 Å². The van der Waals surface area contributed by atoms with Gasteiger partial charge < -0.3 is 10.2 Å². The highest BCUT2D eigenvalue weighted by atomic mass is 35.5. The molecule has 0 bridgehead atoms. The first kappa shape index (κ1) is 29.3. The van der Waals surface area contributed by atoms with Crippen LogP contribution in [0.1, 0.15) is 31.4 Å². The van der Waals surface area contributed by atoms with E-state index in [2.05, 4.69) is 5.32 Å². The Morgan fingerprint density at radius 1 is 1.17 bits per heavy atom. The summed E-state index contributed by atoms with van der Waals surface area (Å²) in [7, 11) is -4.04. The van der Waals surface area contributed by atoms with Crippen molar-refractivity contribution in [2.75, 3.05) is 23.7 Å². The maximum atomic E-state index is 13.5. The van der Waals surface area contributed by atoms with E-state index in [1.54, 1.807) is 19.1 Å². The molecule has 0 radical (unpaired) electrons. The third-order valence-electron chi connectivity index (χ3n) is 5.42. The number of nitrogens with zero attached hydrogens (tertiary/aromatic N) is 3. The molecule has 0 spiro atoms. The Balaban J connectivity index is 2.50. The average Bonchev–Trinajstić information content (AvgIpc) is 2.79. The largest absolute Gasteiger partial charge is 0.354 e. The Morgan fingerprint density at radius 3 is 2.39 bits per heavy atom. The van der Waals surface area contributed by atoms with Crippen molar-refractivity contribution in [1.82, 2.24) is 10.2 Å². The number of nitrogens with one attached hydrogen (secondary N) is 1. The van der Waals surface area contributed by atoms with Gasteiger partial charge in [0.2, 0.25) is 21.8 Å². The van der Waals surface area contributed by atoms with Gasteiger partial charge in [0.25, 0.3) is 5.69 Å². The Bertz CT molecular complexity index is 1260. The normalized spacial score (nSPS) is 12.1. The van der Waals surface area contributed by atoms with Crippen LogP contribution in [-0.4, -0.2) is 55.4 Å². The maximum Gasteiger partial charge on any atom is 0.271 e. The summed E-state index contributed by atoms with van der Waals surface area (Å²) < 4.78 is 26.2. The number of nitro benzene ring substituents is 1. The number of non-ortho nitro benzene ring substituents is 1. The smallest absolute Gasteiger partial charge is 0.271 e. The molecule has 0 unspecified atom stereocenters. The minimum Gasteiger partial charge on any atom is -0.354 e. The Kier molecular flexibility index (Phi) is 10.1. The molecule has 1 N–H and O–H groups in total. The summed E-state index contributed by atoms with van der Waals surface area (Å²) in [5.41, 5.74) is 0.586. The van der Waals surface area contributed by atoms with Gasteiger partial charge >= 0.3 is 0 Å². The minimum absolute atomic E-state index is 0.00684. The highest BCUT2D eigenvalue weighted by molar-refractivity contribution is 7.92. The van der Waals surface area contributed by atoms with Gasteiger partial charge in [0.1, 0.15) is 12.6 Å². The Hall–Kier alpha value is -2.89. The Labute approximate surface area is 220 Å². The van der Waals surface area contributed by atoms with Crippen LogP contribution in [0.4, 0.5) is 11.4 Å². The molecule has 0 aromatic heterocycles. The lowest BCUT2D eigenvalue weighted by molar-refractivity contribution is -0.384. The van der Waals surface area contributed by atoms with Crippen molar-refractivity contribution in [3.05, 3.63) is 67.7 Å². The first-order valence-corrected chi connectivity index (χ1v) is 13.6. The number of carbonyl (C=O) groups excluding carboxylic acids is 2. The number of halogens is 2. The second-order valence-corrected chi connectivity index (χ2v) is 11.0. The van der Waals surface area contributed by atoms with Crippen molar-refractivity contribution in [3.8, 4) is 0 Å². The van der Waals surface area contributed by atoms with Gasteiger partial charge in [0.15, 0.2) is 0 Å². The zero-order valence-corrected chi connectivity index (χ0v) is 22.7. The zero-order chi connectivity index (χ0) is 27.2. The van der Waals surface area contributed by atoms with E-state index in [1.807, 2.05) is 6.92 Å². The molecule has 0 saturated heterocycles. The summed E-state index contributed by atoms with van der Waals surface area (Å²) in [6, 6.07) is 7.48. The number of hydrogen-bond acceptors (Lipinski definition) is 6. The Morgan fingerprint density at radius 2 is 1.83 bits per heavy atom. The van der Waals surface area contributed by atoms with Crippen LogP contribution in [0.3, 0.4) is 0 Å². The lowest BCUT2D eigenvalue weighted by Crippen LogP contribution is -2.51. The van der Waals surface area contributed by atoms with Gasteiger partial charge in [-0.05, 0) is 43.5 Å². The van der Waals surface area contributed by atoms with Crippen LogP contribution in [0, 0.1) is 17.0 Å². The molecular formula is C23H28Cl2N4O6S. The lowest BCUT2D eigenvalue weighted by atomic mass is 10.1. The molecule has 2 rings (SSSR count). The van der Waals surface area contributed by atoms with Gasteiger partial charge in [-0.25, -0.2) is 8.42 Å². The molecule has 196 valence electrons. The fraction of sp³-hybridized carbons (Fsp3) is 0.391. The van der Waals surface area contributed by atoms with E-state index in [9.17, 15) is 28.1 Å². The SMILES string of the molecule is CCCNC(=O)[C@@H](C)N(Cc1ccc(Cl)cc1Cl)C(=O)CN(c1cc([N+](=O)[O-])ccc1C)S(C)(=O)=O. The van der Waals surface area contributed by atoms with Crippen LogP contribution in [0.15, 0.2) is 36.4 Å². The van der Waals surface area contributed by atoms with Crippen LogP contribution in [0.2, 0.25) is 10.0 Å². The van der Waals surface area contributed by atoms with Gasteiger partial charge in [-0.2, -0.15) is 0 Å². The molecule has 0 saturated carbocycles. The van der Waals surface area contributed by atoms with Crippen LogP contribution >= 0.6 is 23.2 Å². The van der Waals surface area contributed by atoms with Gasteiger partial charge in [0.05, 0.1) is 16.9 Å². The van der Waals surface area contributed by atoms with Crippen LogP contribution in [0.5, 0.6) is 0 Å². The summed E-state index contributed by atoms with van der Waals surface area (Å²) in [6.07, 6.45) is 1.58. The van der Waals surface area contributed by atoms with Crippen LogP contribution < -0.4 is 9.62 Å². The van der Waals surface area contributed by atoms with Gasteiger partial charge in [-0.15, -0.1) is 0 Å². The monoisotopic (exact) mass is 558 g/mol. The van der Waals surface area contributed by atoms with Crippen LogP contribution in [-0.2, 0) is 26.2 Å². The third kappa shape index (κ3) is 7.55. The highest BCUT2D eigenvalue weighted by Gasteiger charge is 2.31. The number of sulfonamides is 1. The van der Waals surface area contributed by atoms with E-state index in [0.29, 0.717) is 29.1 Å². The van der Waals surface area contributed by atoms with Gasteiger partial charge in [-0.3, -0.25) is 24.0 Å². The number of nitro groups is 1. The van der Waals surface area contributed by atoms with Gasteiger partial charge in [0, 0.05) is 35.3 Å². The maximum absolute atomic E-state index is 13.5. The third-order valence-corrected chi connectivity index (χ3v) is 7.14. The quantitative estimate of drug-likeness (QED) is 0.328. The first-order valence-electron chi connectivity index (χ1n) is 11.0. The summed E-state index contributed by atoms with van der Waals surface area (Å²) in [6.45, 7) is 4.60. The van der Waals surface area contributed by atoms with Crippen molar-refractivity contribution in [3.63, 3.8) is 0 Å². The van der Waals surface area contributed by atoms with Crippen molar-refractivity contribution in [2.24, 2.45) is 0 Å². The molecule has 2 aromatic rings. The molecule has 2 amide bonds. The van der Waals surface area contributed by atoms with Gasteiger partial charge in [-0.1, -0.05) is 42.3 Å². The van der Waals surface area contributed by atoms with E-state index in [-0.39, 0.29) is 22.9 Å². The predicted octanol–water partition coefficient (Wildman–Crippen LogP) is 3.92. The number of hydrogen-bond donors (Lipinski definition) is 1. The minimum atomic E-state index is -4.04. The van der Waals surface area contributed by atoms with E-state index in [0.717, 1.165) is 16.6 Å². The number of rotatable bonds is 11. The van der Waals surface area contributed by atoms with E-state index < -0.39 is 39.3 Å². The molecule has 0 aliphatic carbocycles. The number of amides is 2. The summed E-state index contributed by atoms with van der Waals surface area (Å²) in [5.74, 6) is -1.12. The van der Waals surface area contributed by atoms with E-state index in [4.69, 9.17) is 23.2 Å². The van der Waals surface area contributed by atoms with Crippen molar-refractivity contribution in [2.45, 2.75) is 39.8 Å². The molecule has 0 fully saturated rings. The fourth-order valence-corrected chi connectivity index (χ4v) is 4.75. The number of anilines is 1. The molecule has 10 nitrogen and oxygen atoms in total. The molecule has 13 heteroatoms. The summed E-state index contributed by atoms with van der Waals surface area (Å²) in [5, 5.41) is 14.7. The number of carbonyl (C=O) groups is 2. The van der Waals surface area contributed by atoms with Crippen LogP contribution in [0.25, 0.3) is 0 Å². The fourth-order valence-electron chi connectivity index (χ4n) is 3.39. The summed E-state index contributed by atoms with van der Waals surface area (Å²) >= 11 is 12.3. The van der Waals surface area contributed by atoms with Crippen molar-refractivity contribution < 1.29 is 22.9 Å². The molecule has 1 atom stereocenters. The van der Waals surface area contributed by atoms with Crippen molar-refractivity contribution >= 4 is 56.4 Å². The second kappa shape index (κ2) is 12.4. The molecule has 2 aromatic carbocycles. The molecular weight excluding hydrogens is 531 g/mol. The highest BCUT2D eigenvalue weighted by Crippen LogP contribution is 2.28. The number of benzene rings is 2. The second-order valence-electron chi connectivity index (χ2n) is 8.22. The van der Waals surface area contributed by atoms with E-state index in [1.165, 1.54) is 30.0 Å². The lowest BCUT2D eigenvalue weighted by Gasteiger charge is -2.32. The average molecular weight is 559 g/mol. The standard InChI is InChI=1S/C23H28Cl2N4O6S/c1-5-10-26-23(31)16(3)27(13-17-7-8-18(24)11-20(17)25)22(30)14-28(36(4,34)35)21-12-19(29(32)33)9-6-15(21)2/h6-9,11-12,16H,5,10,13-14H2,1-4H3,(H,26,31)/t16-/m1/s1. The molecule has 36 heavy (non-hydrogen) atoms. The molecule has 0 aliphatic rings. The zero-order valence-electron chi connectivity index (χ0n) is 20.3. The predicted molar refractivity (Wildman–Crippen MR) is 140 cm³/mol. The number of aryl methyl sites for hydroxylation is 1. The molecule has 0 aliphatic heterocycles. The topological polar surface area (TPSA) is 130 Å². The summed E-state index contributed by atoms with van der Waals surface area (Å²) in [4.78, 5) is 38.1.